The third-order valence-electron chi connectivity index (χ3n) is 6.75. The summed E-state index contributed by atoms with van der Waals surface area (Å²) in [6.45, 7) is 3.50. The quantitative estimate of drug-likeness (QED) is 0.492. The van der Waals surface area contributed by atoms with E-state index in [2.05, 4.69) is 27.6 Å². The van der Waals surface area contributed by atoms with Gasteiger partial charge in [-0.1, -0.05) is 18.3 Å². The van der Waals surface area contributed by atoms with Crippen LogP contribution in [0.25, 0.3) is 0 Å². The summed E-state index contributed by atoms with van der Waals surface area (Å²) in [5.41, 5.74) is 0.639. The van der Waals surface area contributed by atoms with Gasteiger partial charge in [-0.25, -0.2) is 4.79 Å². The Bertz CT molecular complexity index is 790. The standard InChI is InChI=1S/C22H30BrNO6S/c1-14-3-5-15(6-4-14)19(25)24(16-7-9-22(10-8-16)28-11-12-29-22)17-13-18(23)31-20(17)30-21(26)27-2/h13-16H,3-12H2,1-2H3. The predicted octanol–water partition coefficient (Wildman–Crippen LogP) is 5.50. The Morgan fingerprint density at radius 1 is 1.13 bits per heavy atom. The number of thiophene rings is 1. The van der Waals surface area contributed by atoms with Crippen molar-refractivity contribution in [1.29, 1.82) is 0 Å². The van der Waals surface area contributed by atoms with E-state index >= 15 is 0 Å². The average molecular weight is 516 g/mol. The van der Waals surface area contributed by atoms with Crippen molar-refractivity contribution >= 4 is 45.0 Å². The number of hydrogen-bond acceptors (Lipinski definition) is 7. The number of carbonyl (C=O) groups is 2. The normalized spacial score (nSPS) is 26.0. The van der Waals surface area contributed by atoms with E-state index in [4.69, 9.17) is 14.2 Å². The number of hydrogen-bond donors (Lipinski definition) is 0. The molecule has 1 spiro atoms. The lowest BCUT2D eigenvalue weighted by Crippen LogP contribution is -2.49. The molecule has 0 aromatic carbocycles. The van der Waals surface area contributed by atoms with Crippen molar-refractivity contribution in [3.63, 3.8) is 0 Å². The Morgan fingerprint density at radius 2 is 1.77 bits per heavy atom. The van der Waals surface area contributed by atoms with Crippen LogP contribution in [-0.4, -0.2) is 44.2 Å². The molecule has 3 fully saturated rings. The topological polar surface area (TPSA) is 74.3 Å². The van der Waals surface area contributed by atoms with Crippen LogP contribution in [0.5, 0.6) is 5.06 Å². The van der Waals surface area contributed by atoms with E-state index in [1.807, 2.05) is 11.0 Å². The van der Waals surface area contributed by atoms with Gasteiger partial charge in [0.2, 0.25) is 11.0 Å². The lowest BCUT2D eigenvalue weighted by atomic mass is 9.81. The van der Waals surface area contributed by atoms with Gasteiger partial charge in [-0.05, 0) is 66.4 Å². The van der Waals surface area contributed by atoms with E-state index in [-0.39, 0.29) is 17.9 Å². The maximum atomic E-state index is 13.8. The maximum absolute atomic E-state index is 13.8. The number of methoxy groups -OCH3 is 1. The van der Waals surface area contributed by atoms with Crippen LogP contribution >= 0.6 is 27.3 Å². The van der Waals surface area contributed by atoms with Gasteiger partial charge in [0, 0.05) is 24.8 Å². The number of ether oxygens (including phenoxy) is 4. The Labute approximate surface area is 195 Å². The first-order chi connectivity index (χ1) is 14.9. The van der Waals surface area contributed by atoms with E-state index in [0.717, 1.165) is 55.2 Å². The zero-order valence-corrected chi connectivity index (χ0v) is 20.5. The molecule has 0 radical (unpaired) electrons. The minimum absolute atomic E-state index is 0.00396. The summed E-state index contributed by atoms with van der Waals surface area (Å²) in [6.07, 6.45) is 6.21. The van der Waals surface area contributed by atoms with Crippen molar-refractivity contribution in [2.75, 3.05) is 25.2 Å². The van der Waals surface area contributed by atoms with Crippen LogP contribution in [0.4, 0.5) is 10.5 Å². The molecule has 4 rings (SSSR count). The number of carbonyl (C=O) groups excluding carboxylic acids is 2. The van der Waals surface area contributed by atoms with E-state index in [0.29, 0.717) is 29.9 Å². The van der Waals surface area contributed by atoms with Crippen molar-refractivity contribution in [3.05, 3.63) is 9.85 Å². The van der Waals surface area contributed by atoms with Crippen LogP contribution in [0.15, 0.2) is 9.85 Å². The SMILES string of the molecule is COC(=O)Oc1sc(Br)cc1N(C(=O)C1CCC(C)CC1)C1CCC2(CC1)OCCO2. The molecule has 1 amide bonds. The number of anilines is 1. The molecular weight excluding hydrogens is 486 g/mol. The zero-order chi connectivity index (χ0) is 22.0. The fourth-order valence-corrected chi connectivity index (χ4v) is 6.36. The number of halogens is 1. The minimum atomic E-state index is -0.787. The van der Waals surface area contributed by atoms with Crippen LogP contribution in [0, 0.1) is 11.8 Å². The highest BCUT2D eigenvalue weighted by Crippen LogP contribution is 2.46. The summed E-state index contributed by atoms with van der Waals surface area (Å²) >= 11 is 4.78. The second-order valence-electron chi connectivity index (χ2n) is 8.78. The molecule has 0 N–H and O–H groups in total. The molecule has 0 unspecified atom stereocenters. The first-order valence-corrected chi connectivity index (χ1v) is 12.7. The minimum Gasteiger partial charge on any atom is -0.437 e. The fraction of sp³-hybridized carbons (Fsp3) is 0.727. The number of nitrogens with zero attached hydrogens (tertiary/aromatic N) is 1. The first kappa shape index (κ1) is 23.0. The predicted molar refractivity (Wildman–Crippen MR) is 121 cm³/mol. The second kappa shape index (κ2) is 9.77. The molecule has 0 bridgehead atoms. The Balaban J connectivity index is 1.60. The highest BCUT2D eigenvalue weighted by atomic mass is 79.9. The van der Waals surface area contributed by atoms with Gasteiger partial charge >= 0.3 is 6.16 Å². The van der Waals surface area contributed by atoms with Gasteiger partial charge in [0.25, 0.3) is 0 Å². The summed E-state index contributed by atoms with van der Waals surface area (Å²) in [4.78, 5) is 27.5. The van der Waals surface area contributed by atoms with E-state index in [1.165, 1.54) is 18.4 Å². The van der Waals surface area contributed by atoms with Crippen LogP contribution in [0.2, 0.25) is 0 Å². The molecular formula is C22H30BrNO6S. The lowest BCUT2D eigenvalue weighted by Gasteiger charge is -2.41. The largest absolute Gasteiger partial charge is 0.514 e. The van der Waals surface area contributed by atoms with Crippen LogP contribution in [0.3, 0.4) is 0 Å². The average Bonchev–Trinajstić information content (AvgIpc) is 3.36. The monoisotopic (exact) mass is 515 g/mol. The third kappa shape index (κ3) is 5.10. The van der Waals surface area contributed by atoms with Gasteiger partial charge in [-0.2, -0.15) is 0 Å². The van der Waals surface area contributed by atoms with Crippen molar-refractivity contribution in [2.45, 2.75) is 70.1 Å². The molecule has 7 nitrogen and oxygen atoms in total. The van der Waals surface area contributed by atoms with Crippen molar-refractivity contribution < 1.29 is 28.5 Å². The van der Waals surface area contributed by atoms with Gasteiger partial charge in [0.05, 0.1) is 29.8 Å². The number of amides is 1. The summed E-state index contributed by atoms with van der Waals surface area (Å²) in [7, 11) is 1.28. The van der Waals surface area contributed by atoms with Gasteiger partial charge in [-0.3, -0.25) is 4.79 Å². The van der Waals surface area contributed by atoms with E-state index in [9.17, 15) is 9.59 Å². The molecule has 0 atom stereocenters. The van der Waals surface area contributed by atoms with E-state index in [1.54, 1.807) is 0 Å². The van der Waals surface area contributed by atoms with Gasteiger partial charge in [-0.15, -0.1) is 0 Å². The van der Waals surface area contributed by atoms with Crippen LogP contribution in [-0.2, 0) is 19.0 Å². The Kier molecular flexibility index (Phi) is 7.25. The molecule has 1 aliphatic heterocycles. The van der Waals surface area contributed by atoms with Crippen molar-refractivity contribution in [2.24, 2.45) is 11.8 Å². The summed E-state index contributed by atoms with van der Waals surface area (Å²) < 4.78 is 22.7. The zero-order valence-electron chi connectivity index (χ0n) is 18.1. The fourth-order valence-electron chi connectivity index (χ4n) is 4.98. The molecule has 1 saturated heterocycles. The number of rotatable bonds is 4. The van der Waals surface area contributed by atoms with Gasteiger partial charge in [0.15, 0.2) is 5.79 Å². The second-order valence-corrected chi connectivity index (χ2v) is 11.2. The molecule has 1 aromatic rings. The highest BCUT2D eigenvalue weighted by molar-refractivity contribution is 9.11. The third-order valence-corrected chi connectivity index (χ3v) is 8.26. The molecule has 172 valence electrons. The molecule has 2 aliphatic carbocycles. The summed E-state index contributed by atoms with van der Waals surface area (Å²) in [5, 5.41) is 0.380. The van der Waals surface area contributed by atoms with Crippen LogP contribution < -0.4 is 9.64 Å². The van der Waals surface area contributed by atoms with Gasteiger partial charge < -0.3 is 23.8 Å². The lowest BCUT2D eigenvalue weighted by molar-refractivity contribution is -0.179. The molecule has 2 saturated carbocycles. The van der Waals surface area contributed by atoms with Gasteiger partial charge in [0.1, 0.15) is 0 Å². The van der Waals surface area contributed by atoms with Crippen LogP contribution in [0.1, 0.15) is 58.3 Å². The summed E-state index contributed by atoms with van der Waals surface area (Å²) in [5.74, 6) is 0.292. The first-order valence-electron chi connectivity index (χ1n) is 11.1. The molecule has 9 heteroatoms. The molecule has 3 aliphatic rings. The smallest absolute Gasteiger partial charge is 0.437 e. The molecule has 31 heavy (non-hydrogen) atoms. The summed E-state index contributed by atoms with van der Waals surface area (Å²) in [6, 6.07) is 1.88. The molecule has 1 aromatic heterocycles. The van der Waals surface area contributed by atoms with Crippen molar-refractivity contribution in [3.8, 4) is 5.06 Å². The van der Waals surface area contributed by atoms with Crippen molar-refractivity contribution in [1.82, 2.24) is 0 Å². The van der Waals surface area contributed by atoms with E-state index < -0.39 is 11.9 Å². The highest BCUT2D eigenvalue weighted by Gasteiger charge is 2.44. The maximum Gasteiger partial charge on any atom is 0.514 e. The Hall–Kier alpha value is -1.16. The Morgan fingerprint density at radius 3 is 2.39 bits per heavy atom. The molecule has 2 heterocycles.